The van der Waals surface area contributed by atoms with Crippen molar-refractivity contribution in [3.05, 3.63) is 23.2 Å². The second-order valence-corrected chi connectivity index (χ2v) is 2.78. The average Bonchev–Trinajstić information content (AvgIpc) is 1.96. The lowest BCUT2D eigenvalue weighted by Crippen LogP contribution is -2.05. The fourth-order valence-corrected chi connectivity index (χ4v) is 0.924. The number of carbonyl (C=O) groups is 1. The first-order chi connectivity index (χ1) is 5.59. The van der Waals surface area contributed by atoms with Gasteiger partial charge in [0.05, 0.1) is 10.7 Å². The molecule has 1 aromatic carbocycles. The lowest BCUT2D eigenvalue weighted by molar-refractivity contribution is -0.114. The van der Waals surface area contributed by atoms with Gasteiger partial charge in [-0.3, -0.25) is 10.5 Å². The maximum absolute atomic E-state index is 10.6. The Hall–Kier alpha value is -1.22. The standard InChI is InChI=1S/C8H8ClN2O/c1-5(12)11-6-2-3-7(9)8(10)4-6/h2-4,10H,1H3,(H,11,12). The van der Waals surface area contributed by atoms with Crippen LogP contribution in [0.2, 0.25) is 5.02 Å². The number of amides is 1. The summed E-state index contributed by atoms with van der Waals surface area (Å²) < 4.78 is 0. The van der Waals surface area contributed by atoms with E-state index in [2.05, 4.69) is 5.32 Å². The quantitative estimate of drug-likeness (QED) is 0.713. The van der Waals surface area contributed by atoms with E-state index < -0.39 is 0 Å². The van der Waals surface area contributed by atoms with Gasteiger partial charge in [0.1, 0.15) is 0 Å². The Bertz CT molecular complexity index is 312. The molecule has 12 heavy (non-hydrogen) atoms. The van der Waals surface area contributed by atoms with Gasteiger partial charge >= 0.3 is 0 Å². The number of benzene rings is 1. The van der Waals surface area contributed by atoms with Gasteiger partial charge in [0.15, 0.2) is 0 Å². The van der Waals surface area contributed by atoms with E-state index in [-0.39, 0.29) is 11.6 Å². The van der Waals surface area contributed by atoms with Crippen LogP contribution in [0.5, 0.6) is 0 Å². The molecular formula is C8H8ClN2O. The Kier molecular flexibility index (Phi) is 2.55. The van der Waals surface area contributed by atoms with Crippen molar-refractivity contribution in [2.75, 3.05) is 5.32 Å². The molecule has 0 aromatic heterocycles. The second kappa shape index (κ2) is 3.45. The zero-order valence-electron chi connectivity index (χ0n) is 6.52. The van der Waals surface area contributed by atoms with Crippen LogP contribution in [0.1, 0.15) is 6.92 Å². The summed E-state index contributed by atoms with van der Waals surface area (Å²) in [7, 11) is 0. The molecule has 1 radical (unpaired) electrons. The fourth-order valence-electron chi connectivity index (χ4n) is 0.806. The molecule has 0 spiro atoms. The molecule has 1 amide bonds. The monoisotopic (exact) mass is 183 g/mol. The minimum atomic E-state index is -0.156. The van der Waals surface area contributed by atoms with Crippen molar-refractivity contribution < 1.29 is 4.79 Å². The zero-order chi connectivity index (χ0) is 9.14. The molecule has 0 heterocycles. The van der Waals surface area contributed by atoms with Gasteiger partial charge < -0.3 is 5.32 Å². The van der Waals surface area contributed by atoms with Crippen LogP contribution in [0.15, 0.2) is 18.2 Å². The minimum Gasteiger partial charge on any atom is -0.326 e. The molecule has 4 heteroatoms. The van der Waals surface area contributed by atoms with E-state index in [1.54, 1.807) is 12.1 Å². The molecule has 2 N–H and O–H groups in total. The number of rotatable bonds is 1. The molecule has 1 rings (SSSR count). The third kappa shape index (κ3) is 2.13. The van der Waals surface area contributed by atoms with Crippen LogP contribution in [-0.2, 0) is 4.79 Å². The van der Waals surface area contributed by atoms with Crippen molar-refractivity contribution in [1.82, 2.24) is 5.73 Å². The van der Waals surface area contributed by atoms with E-state index in [1.807, 2.05) is 0 Å². The molecule has 63 valence electrons. The Balaban J connectivity index is 2.89. The zero-order valence-corrected chi connectivity index (χ0v) is 7.27. The predicted molar refractivity (Wildman–Crippen MR) is 48.5 cm³/mol. The number of carbonyl (C=O) groups excluding carboxylic acids is 1. The minimum absolute atomic E-state index is 0.156. The lowest BCUT2D eigenvalue weighted by atomic mass is 10.3. The fraction of sp³-hybridized carbons (Fsp3) is 0.125. The molecule has 0 aliphatic carbocycles. The smallest absolute Gasteiger partial charge is 0.221 e. The molecule has 0 unspecified atom stereocenters. The first-order valence-corrected chi connectivity index (χ1v) is 3.76. The molecule has 0 bridgehead atoms. The number of nitrogens with one attached hydrogen (secondary N) is 2. The summed E-state index contributed by atoms with van der Waals surface area (Å²) in [6.07, 6.45) is 0. The van der Waals surface area contributed by atoms with Crippen LogP contribution in [-0.4, -0.2) is 5.91 Å². The SMILES string of the molecule is CC(=O)Nc1ccc(Cl)c([NH])c1. The molecule has 1 aromatic rings. The van der Waals surface area contributed by atoms with Crippen LogP contribution in [0, 0.1) is 0 Å². The highest BCUT2D eigenvalue weighted by Gasteiger charge is 1.99. The van der Waals surface area contributed by atoms with Crippen molar-refractivity contribution in [1.29, 1.82) is 0 Å². The van der Waals surface area contributed by atoms with E-state index in [0.29, 0.717) is 10.7 Å². The van der Waals surface area contributed by atoms with Crippen LogP contribution >= 0.6 is 11.6 Å². The van der Waals surface area contributed by atoms with Crippen LogP contribution < -0.4 is 11.1 Å². The van der Waals surface area contributed by atoms with Crippen molar-refractivity contribution in [2.24, 2.45) is 0 Å². The molecule has 0 saturated carbocycles. The van der Waals surface area contributed by atoms with Gasteiger partial charge in [-0.05, 0) is 18.2 Å². The summed E-state index contributed by atoms with van der Waals surface area (Å²) in [5.41, 5.74) is 8.13. The summed E-state index contributed by atoms with van der Waals surface area (Å²) in [5, 5.41) is 2.93. The number of hydrogen-bond donors (Lipinski definition) is 1. The van der Waals surface area contributed by atoms with Crippen LogP contribution in [0.25, 0.3) is 0 Å². The van der Waals surface area contributed by atoms with Gasteiger partial charge in [-0.15, -0.1) is 0 Å². The Morgan fingerprint density at radius 2 is 2.25 bits per heavy atom. The van der Waals surface area contributed by atoms with Crippen molar-refractivity contribution in [3.63, 3.8) is 0 Å². The summed E-state index contributed by atoms with van der Waals surface area (Å²) in [6.45, 7) is 1.41. The highest BCUT2D eigenvalue weighted by atomic mass is 35.5. The molecular weight excluding hydrogens is 176 g/mol. The summed E-state index contributed by atoms with van der Waals surface area (Å²) in [5.74, 6) is -0.156. The van der Waals surface area contributed by atoms with E-state index in [0.717, 1.165) is 0 Å². The van der Waals surface area contributed by atoms with Gasteiger partial charge in [0, 0.05) is 12.6 Å². The molecule has 0 fully saturated rings. The summed E-state index contributed by atoms with van der Waals surface area (Å²) in [4.78, 5) is 10.6. The van der Waals surface area contributed by atoms with E-state index in [9.17, 15) is 4.79 Å². The second-order valence-electron chi connectivity index (χ2n) is 2.38. The Labute approximate surface area is 75.5 Å². The van der Waals surface area contributed by atoms with Gasteiger partial charge in [-0.2, -0.15) is 0 Å². The average molecular weight is 184 g/mol. The van der Waals surface area contributed by atoms with Gasteiger partial charge in [0.25, 0.3) is 0 Å². The first kappa shape index (κ1) is 8.87. The van der Waals surface area contributed by atoms with E-state index in [1.165, 1.54) is 13.0 Å². The summed E-state index contributed by atoms with van der Waals surface area (Å²) >= 11 is 5.62. The van der Waals surface area contributed by atoms with Gasteiger partial charge in [-0.25, -0.2) is 0 Å². The van der Waals surface area contributed by atoms with Crippen molar-refractivity contribution in [3.8, 4) is 0 Å². The Morgan fingerprint density at radius 1 is 1.58 bits per heavy atom. The third-order valence-corrected chi connectivity index (χ3v) is 1.62. The summed E-state index contributed by atoms with van der Waals surface area (Å²) in [6, 6.07) is 4.74. The third-order valence-electron chi connectivity index (χ3n) is 1.29. The Morgan fingerprint density at radius 3 is 2.75 bits per heavy atom. The number of anilines is 1. The van der Waals surface area contributed by atoms with Gasteiger partial charge in [0.2, 0.25) is 5.91 Å². The van der Waals surface area contributed by atoms with Gasteiger partial charge in [-0.1, -0.05) is 11.6 Å². The maximum atomic E-state index is 10.6. The topological polar surface area (TPSA) is 52.9 Å². The largest absolute Gasteiger partial charge is 0.326 e. The lowest BCUT2D eigenvalue weighted by Gasteiger charge is -2.02. The highest BCUT2D eigenvalue weighted by Crippen LogP contribution is 2.23. The molecule has 3 nitrogen and oxygen atoms in total. The normalized spacial score (nSPS) is 9.50. The maximum Gasteiger partial charge on any atom is 0.221 e. The van der Waals surface area contributed by atoms with Crippen molar-refractivity contribution in [2.45, 2.75) is 6.92 Å². The van der Waals surface area contributed by atoms with Crippen LogP contribution in [0.3, 0.4) is 0 Å². The highest BCUT2D eigenvalue weighted by molar-refractivity contribution is 6.33. The predicted octanol–water partition coefficient (Wildman–Crippen LogP) is 2.21. The molecule has 0 aliphatic heterocycles. The number of hydrogen-bond acceptors (Lipinski definition) is 1. The van der Waals surface area contributed by atoms with E-state index in [4.69, 9.17) is 17.3 Å². The molecule has 0 saturated heterocycles. The van der Waals surface area contributed by atoms with E-state index >= 15 is 0 Å². The molecule has 0 aliphatic rings. The van der Waals surface area contributed by atoms with Crippen molar-refractivity contribution >= 4 is 28.9 Å². The van der Waals surface area contributed by atoms with Crippen LogP contribution in [0.4, 0.5) is 11.4 Å². The first-order valence-electron chi connectivity index (χ1n) is 3.38. The number of halogens is 1. The molecule has 0 atom stereocenters.